The molecule has 0 N–H and O–H groups in total. The van der Waals surface area contributed by atoms with Crippen molar-refractivity contribution in [2.24, 2.45) is 0 Å². The van der Waals surface area contributed by atoms with Crippen molar-refractivity contribution in [1.82, 2.24) is 0 Å². The zero-order valence-corrected chi connectivity index (χ0v) is 14.6. The van der Waals surface area contributed by atoms with E-state index in [-0.39, 0.29) is 22.2 Å². The first-order valence-electron chi connectivity index (χ1n) is 5.50. The van der Waals surface area contributed by atoms with Gasteiger partial charge in [-0.3, -0.25) is 4.79 Å². The van der Waals surface area contributed by atoms with E-state index in [1.165, 1.54) is 6.07 Å². The van der Waals surface area contributed by atoms with Crippen LogP contribution in [0.2, 0.25) is 0 Å². The lowest BCUT2D eigenvalue weighted by atomic mass is 10.0. The number of ketones is 1. The van der Waals surface area contributed by atoms with Gasteiger partial charge in [0.05, 0.1) is 4.47 Å². The van der Waals surface area contributed by atoms with Gasteiger partial charge in [-0.2, -0.15) is 0 Å². The fourth-order valence-corrected chi connectivity index (χ4v) is 3.34. The van der Waals surface area contributed by atoms with E-state index in [1.54, 1.807) is 18.2 Å². The Morgan fingerprint density at radius 3 is 2.35 bits per heavy atom. The predicted octanol–water partition coefficient (Wildman–Crippen LogP) is 5.68. The second kappa shape index (κ2) is 6.45. The smallest absolute Gasteiger partial charge is 0.168 e. The summed E-state index contributed by atoms with van der Waals surface area (Å²) in [5.74, 6) is -1.83. The first kappa shape index (κ1) is 15.8. The van der Waals surface area contributed by atoms with Crippen LogP contribution in [0.3, 0.4) is 0 Å². The van der Waals surface area contributed by atoms with Gasteiger partial charge in [-0.05, 0) is 46.3 Å². The monoisotopic (exact) mass is 466 g/mol. The van der Waals surface area contributed by atoms with E-state index in [2.05, 4.69) is 47.8 Å². The van der Waals surface area contributed by atoms with Crippen LogP contribution in [0, 0.1) is 11.6 Å². The van der Waals surface area contributed by atoms with Crippen LogP contribution in [0.25, 0.3) is 0 Å². The van der Waals surface area contributed by atoms with Crippen LogP contribution in [0.5, 0.6) is 0 Å². The normalized spacial score (nSPS) is 10.7. The second-order valence-corrected chi connectivity index (χ2v) is 6.67. The summed E-state index contributed by atoms with van der Waals surface area (Å²) in [4.78, 5) is 12.2. The minimum Gasteiger partial charge on any atom is -0.294 e. The van der Waals surface area contributed by atoms with Gasteiger partial charge in [-0.1, -0.05) is 31.9 Å². The van der Waals surface area contributed by atoms with Gasteiger partial charge in [0.2, 0.25) is 0 Å². The third-order valence-corrected chi connectivity index (χ3v) is 4.47. The van der Waals surface area contributed by atoms with Crippen molar-refractivity contribution in [2.45, 2.75) is 6.42 Å². The maximum Gasteiger partial charge on any atom is 0.168 e. The van der Waals surface area contributed by atoms with Gasteiger partial charge in [0, 0.05) is 26.5 Å². The number of rotatable bonds is 3. The molecule has 2 aromatic rings. The molecule has 0 heterocycles. The molecule has 0 aromatic heterocycles. The molecule has 0 aliphatic rings. The van der Waals surface area contributed by atoms with Crippen LogP contribution in [0.1, 0.15) is 15.9 Å². The molecule has 0 radical (unpaired) electrons. The lowest BCUT2D eigenvalue weighted by Gasteiger charge is -2.07. The molecule has 0 amide bonds. The Morgan fingerprint density at radius 2 is 1.70 bits per heavy atom. The maximum atomic E-state index is 13.8. The van der Waals surface area contributed by atoms with E-state index in [0.29, 0.717) is 10.0 Å². The summed E-state index contributed by atoms with van der Waals surface area (Å²) in [6, 6.07) is 7.41. The molecule has 0 saturated heterocycles. The summed E-state index contributed by atoms with van der Waals surface area (Å²) < 4.78 is 29.0. The third-order valence-electron chi connectivity index (χ3n) is 2.71. The van der Waals surface area contributed by atoms with Crippen molar-refractivity contribution in [3.63, 3.8) is 0 Å². The molecule has 0 bridgehead atoms. The average molecular weight is 469 g/mol. The van der Waals surface area contributed by atoms with Gasteiger partial charge in [0.15, 0.2) is 5.78 Å². The molecule has 0 unspecified atom stereocenters. The molecule has 1 nitrogen and oxygen atoms in total. The highest BCUT2D eigenvalue weighted by Crippen LogP contribution is 2.26. The van der Waals surface area contributed by atoms with Crippen molar-refractivity contribution in [3.05, 3.63) is 66.5 Å². The summed E-state index contributed by atoms with van der Waals surface area (Å²) in [5, 5.41) is 0. The number of carbonyl (C=O) groups is 1. The third kappa shape index (κ3) is 3.35. The van der Waals surface area contributed by atoms with Crippen molar-refractivity contribution < 1.29 is 13.6 Å². The van der Waals surface area contributed by atoms with Crippen LogP contribution >= 0.6 is 47.8 Å². The van der Waals surface area contributed by atoms with Gasteiger partial charge < -0.3 is 0 Å². The molecule has 0 atom stereocenters. The lowest BCUT2D eigenvalue weighted by molar-refractivity contribution is 0.0989. The number of hydrogen-bond acceptors (Lipinski definition) is 1. The summed E-state index contributed by atoms with van der Waals surface area (Å²) in [6.07, 6.45) is -0.336. The van der Waals surface area contributed by atoms with Gasteiger partial charge in [-0.15, -0.1) is 0 Å². The fourth-order valence-electron chi connectivity index (χ4n) is 1.70. The molecule has 104 valence electrons. The van der Waals surface area contributed by atoms with E-state index >= 15 is 0 Å². The highest BCUT2D eigenvalue weighted by Gasteiger charge is 2.18. The molecule has 2 rings (SSSR count). The van der Waals surface area contributed by atoms with E-state index in [1.807, 2.05) is 0 Å². The number of Topliss-reactive ketones (excluding diaryl/α,β-unsaturated/α-hetero) is 1. The number of benzene rings is 2. The number of carbonyl (C=O) groups excluding carboxylic acids is 1. The molecule has 6 heteroatoms. The quantitative estimate of drug-likeness (QED) is 0.418. The minimum absolute atomic E-state index is 0.136. The topological polar surface area (TPSA) is 17.1 Å². The Balaban J connectivity index is 2.35. The summed E-state index contributed by atoms with van der Waals surface area (Å²) >= 11 is 9.52. The summed E-state index contributed by atoms with van der Waals surface area (Å²) in [6.45, 7) is 0. The second-order valence-electron chi connectivity index (χ2n) is 4.05. The fraction of sp³-hybridized carbons (Fsp3) is 0.0714. The van der Waals surface area contributed by atoms with Crippen molar-refractivity contribution in [1.29, 1.82) is 0 Å². The number of halogens is 5. The zero-order valence-electron chi connectivity index (χ0n) is 9.89. The zero-order chi connectivity index (χ0) is 14.9. The van der Waals surface area contributed by atoms with Crippen molar-refractivity contribution in [3.8, 4) is 0 Å². The molecular formula is C14H7Br3F2O. The van der Waals surface area contributed by atoms with E-state index in [9.17, 15) is 13.6 Å². The van der Waals surface area contributed by atoms with Crippen LogP contribution in [0.4, 0.5) is 8.78 Å². The summed E-state index contributed by atoms with van der Waals surface area (Å²) in [5.41, 5.74) is 0.145. The highest BCUT2D eigenvalue weighted by molar-refractivity contribution is 9.11. The maximum absolute atomic E-state index is 13.8. The first-order valence-corrected chi connectivity index (χ1v) is 7.88. The highest BCUT2D eigenvalue weighted by atomic mass is 79.9. The first-order chi connectivity index (χ1) is 9.40. The average Bonchev–Trinajstić information content (AvgIpc) is 2.39. The molecule has 20 heavy (non-hydrogen) atoms. The van der Waals surface area contributed by atoms with Gasteiger partial charge >= 0.3 is 0 Å². The summed E-state index contributed by atoms with van der Waals surface area (Å²) in [7, 11) is 0. The van der Waals surface area contributed by atoms with Crippen LogP contribution in [-0.2, 0) is 6.42 Å². The van der Waals surface area contributed by atoms with E-state index in [0.717, 1.165) is 10.5 Å². The SMILES string of the molecule is O=C(Cc1c(F)ccc(Br)c1F)c1ccc(Br)cc1Br. The molecule has 0 saturated carbocycles. The van der Waals surface area contributed by atoms with E-state index in [4.69, 9.17) is 0 Å². The minimum atomic E-state index is -0.744. The Hall–Kier alpha value is -0.590. The van der Waals surface area contributed by atoms with Crippen LogP contribution in [0.15, 0.2) is 43.7 Å². The lowest BCUT2D eigenvalue weighted by Crippen LogP contribution is -2.08. The molecule has 0 aliphatic heterocycles. The largest absolute Gasteiger partial charge is 0.294 e. The Kier molecular flexibility index (Phi) is 5.09. The molecule has 0 spiro atoms. The van der Waals surface area contributed by atoms with Gasteiger partial charge in [0.25, 0.3) is 0 Å². The van der Waals surface area contributed by atoms with Crippen LogP contribution < -0.4 is 0 Å². The molecule has 0 fully saturated rings. The van der Waals surface area contributed by atoms with Crippen LogP contribution in [-0.4, -0.2) is 5.78 Å². The Morgan fingerprint density at radius 1 is 1.00 bits per heavy atom. The van der Waals surface area contributed by atoms with Crippen molar-refractivity contribution in [2.75, 3.05) is 0 Å². The molecular weight excluding hydrogens is 462 g/mol. The van der Waals surface area contributed by atoms with Crippen molar-refractivity contribution >= 4 is 53.6 Å². The molecule has 2 aromatic carbocycles. The van der Waals surface area contributed by atoms with E-state index < -0.39 is 11.6 Å². The molecule has 0 aliphatic carbocycles. The Bertz CT molecular complexity index is 686. The van der Waals surface area contributed by atoms with Gasteiger partial charge in [0.1, 0.15) is 11.6 Å². The number of hydrogen-bond donors (Lipinski definition) is 0. The predicted molar refractivity (Wildman–Crippen MR) is 83.9 cm³/mol. The Labute approximate surface area is 139 Å². The standard InChI is InChI=1S/C14H7Br3F2O/c15-7-1-2-8(11(17)5-7)13(20)6-9-12(18)4-3-10(16)14(9)19/h1-5H,6H2. The van der Waals surface area contributed by atoms with Gasteiger partial charge in [-0.25, -0.2) is 8.78 Å².